The van der Waals surface area contributed by atoms with Crippen LogP contribution in [0.25, 0.3) is 22.0 Å². The molecule has 0 radical (unpaired) electrons. The van der Waals surface area contributed by atoms with E-state index in [1.807, 2.05) is 30.3 Å². The number of aromatic nitrogens is 1. The van der Waals surface area contributed by atoms with Crippen molar-refractivity contribution in [2.45, 2.75) is 12.7 Å². The maximum atomic E-state index is 12.7. The Morgan fingerprint density at radius 1 is 0.955 bits per heavy atom. The summed E-state index contributed by atoms with van der Waals surface area (Å²) in [6.07, 6.45) is -4.34. The highest BCUT2D eigenvalue weighted by molar-refractivity contribution is 5.94. The number of rotatable bonds is 2. The highest BCUT2D eigenvalue weighted by Crippen LogP contribution is 2.32. The summed E-state index contributed by atoms with van der Waals surface area (Å²) in [6, 6.07) is 14.5. The van der Waals surface area contributed by atoms with E-state index in [1.165, 1.54) is 12.1 Å². The maximum Gasteiger partial charge on any atom is 0.416 e. The standard InChI is InChI=1S/C17H13F3N2/c18-17(19,20)13-7-5-11(6-8-13)16-15-4-2-1-3-12(15)9-14(10-21)22-16/h1-9H,10,21H2. The Kier molecular flexibility index (Phi) is 3.58. The molecule has 2 aromatic carbocycles. The normalized spacial score (nSPS) is 11.8. The Hall–Kier alpha value is -2.40. The molecule has 0 unspecified atom stereocenters. The minimum atomic E-state index is -4.34. The van der Waals surface area contributed by atoms with Gasteiger partial charge in [-0.05, 0) is 23.6 Å². The van der Waals surface area contributed by atoms with Crippen LogP contribution in [-0.4, -0.2) is 4.98 Å². The maximum absolute atomic E-state index is 12.7. The lowest BCUT2D eigenvalue weighted by atomic mass is 10.0. The van der Waals surface area contributed by atoms with Gasteiger partial charge in [0, 0.05) is 17.5 Å². The van der Waals surface area contributed by atoms with E-state index in [1.54, 1.807) is 0 Å². The van der Waals surface area contributed by atoms with E-state index in [0.29, 0.717) is 17.0 Å². The zero-order valence-electron chi connectivity index (χ0n) is 11.6. The van der Waals surface area contributed by atoms with Crippen molar-refractivity contribution in [1.82, 2.24) is 4.98 Å². The first-order valence-corrected chi connectivity index (χ1v) is 6.75. The lowest BCUT2D eigenvalue weighted by Crippen LogP contribution is -2.04. The monoisotopic (exact) mass is 302 g/mol. The van der Waals surface area contributed by atoms with Crippen LogP contribution in [0.15, 0.2) is 54.6 Å². The van der Waals surface area contributed by atoms with Crippen molar-refractivity contribution in [1.29, 1.82) is 0 Å². The molecule has 0 aliphatic rings. The number of fused-ring (bicyclic) bond motifs is 1. The van der Waals surface area contributed by atoms with Gasteiger partial charge in [0.25, 0.3) is 0 Å². The van der Waals surface area contributed by atoms with Gasteiger partial charge in [-0.25, -0.2) is 0 Å². The molecule has 0 saturated heterocycles. The fraction of sp³-hybridized carbons (Fsp3) is 0.118. The van der Waals surface area contributed by atoms with Gasteiger partial charge in [0.2, 0.25) is 0 Å². The van der Waals surface area contributed by atoms with Crippen LogP contribution in [0.4, 0.5) is 13.2 Å². The van der Waals surface area contributed by atoms with E-state index < -0.39 is 11.7 Å². The molecule has 0 aliphatic carbocycles. The van der Waals surface area contributed by atoms with Gasteiger partial charge >= 0.3 is 6.18 Å². The van der Waals surface area contributed by atoms with Crippen molar-refractivity contribution in [2.24, 2.45) is 5.73 Å². The Balaban J connectivity index is 2.17. The summed E-state index contributed by atoms with van der Waals surface area (Å²) in [4.78, 5) is 4.48. The molecular weight excluding hydrogens is 289 g/mol. The summed E-state index contributed by atoms with van der Waals surface area (Å²) in [5.41, 5.74) is 6.97. The minimum absolute atomic E-state index is 0.276. The first-order chi connectivity index (χ1) is 10.5. The molecule has 2 nitrogen and oxygen atoms in total. The molecule has 1 aromatic heterocycles. The third-order valence-electron chi connectivity index (χ3n) is 3.49. The largest absolute Gasteiger partial charge is 0.416 e. The zero-order valence-corrected chi connectivity index (χ0v) is 11.6. The van der Waals surface area contributed by atoms with Gasteiger partial charge in [0.05, 0.1) is 17.0 Å². The molecule has 0 bridgehead atoms. The molecule has 112 valence electrons. The van der Waals surface area contributed by atoms with Crippen LogP contribution in [0.5, 0.6) is 0 Å². The Labute approximate surface area is 125 Å². The number of benzene rings is 2. The summed E-state index contributed by atoms with van der Waals surface area (Å²) in [5, 5.41) is 1.85. The van der Waals surface area contributed by atoms with Gasteiger partial charge in [0.1, 0.15) is 0 Å². The average Bonchev–Trinajstić information content (AvgIpc) is 2.53. The van der Waals surface area contributed by atoms with E-state index >= 15 is 0 Å². The number of hydrogen-bond acceptors (Lipinski definition) is 2. The van der Waals surface area contributed by atoms with Gasteiger partial charge in [-0.2, -0.15) is 13.2 Å². The second-order valence-corrected chi connectivity index (χ2v) is 4.96. The summed E-state index contributed by atoms with van der Waals surface area (Å²) in [7, 11) is 0. The molecule has 0 aliphatic heterocycles. The molecule has 0 atom stereocenters. The highest BCUT2D eigenvalue weighted by atomic mass is 19.4. The zero-order chi connectivity index (χ0) is 15.7. The van der Waals surface area contributed by atoms with E-state index in [0.717, 1.165) is 22.9 Å². The molecule has 0 fully saturated rings. The van der Waals surface area contributed by atoms with Crippen molar-refractivity contribution < 1.29 is 13.2 Å². The van der Waals surface area contributed by atoms with Crippen molar-refractivity contribution in [3.8, 4) is 11.3 Å². The van der Waals surface area contributed by atoms with Crippen molar-refractivity contribution >= 4 is 10.8 Å². The Bertz CT molecular complexity index is 808. The predicted molar refractivity (Wildman–Crippen MR) is 80.1 cm³/mol. The molecule has 0 amide bonds. The fourth-order valence-corrected chi connectivity index (χ4v) is 2.40. The second-order valence-electron chi connectivity index (χ2n) is 4.96. The quantitative estimate of drug-likeness (QED) is 0.763. The SMILES string of the molecule is NCc1cc2ccccc2c(-c2ccc(C(F)(F)F)cc2)n1. The van der Waals surface area contributed by atoms with Crippen LogP contribution in [0.1, 0.15) is 11.3 Å². The van der Waals surface area contributed by atoms with E-state index in [2.05, 4.69) is 4.98 Å². The number of nitrogens with two attached hydrogens (primary N) is 1. The topological polar surface area (TPSA) is 38.9 Å². The van der Waals surface area contributed by atoms with Crippen LogP contribution in [0.2, 0.25) is 0 Å². The molecule has 22 heavy (non-hydrogen) atoms. The van der Waals surface area contributed by atoms with Gasteiger partial charge in [0.15, 0.2) is 0 Å². The Morgan fingerprint density at radius 3 is 2.27 bits per heavy atom. The van der Waals surface area contributed by atoms with Crippen molar-refractivity contribution in [3.05, 3.63) is 65.9 Å². The third-order valence-corrected chi connectivity index (χ3v) is 3.49. The smallest absolute Gasteiger partial charge is 0.325 e. The van der Waals surface area contributed by atoms with Crippen molar-refractivity contribution in [2.75, 3.05) is 0 Å². The van der Waals surface area contributed by atoms with Crippen LogP contribution >= 0.6 is 0 Å². The number of nitrogens with zero attached hydrogens (tertiary/aromatic N) is 1. The van der Waals surface area contributed by atoms with Crippen LogP contribution in [-0.2, 0) is 12.7 Å². The minimum Gasteiger partial charge on any atom is -0.325 e. The number of hydrogen-bond donors (Lipinski definition) is 1. The lowest BCUT2D eigenvalue weighted by molar-refractivity contribution is -0.137. The average molecular weight is 302 g/mol. The first kappa shape index (κ1) is 14.5. The molecule has 5 heteroatoms. The first-order valence-electron chi connectivity index (χ1n) is 6.75. The van der Waals surface area contributed by atoms with Crippen molar-refractivity contribution in [3.63, 3.8) is 0 Å². The number of halogens is 3. The van der Waals surface area contributed by atoms with Crippen LogP contribution in [0.3, 0.4) is 0 Å². The Morgan fingerprint density at radius 2 is 1.64 bits per heavy atom. The molecule has 1 heterocycles. The van der Waals surface area contributed by atoms with Crippen LogP contribution in [0, 0.1) is 0 Å². The predicted octanol–water partition coefficient (Wildman–Crippen LogP) is 4.38. The molecule has 3 aromatic rings. The molecule has 0 saturated carbocycles. The summed E-state index contributed by atoms with van der Waals surface area (Å²) in [5.74, 6) is 0. The fourth-order valence-electron chi connectivity index (χ4n) is 2.40. The van der Waals surface area contributed by atoms with Crippen LogP contribution < -0.4 is 5.73 Å². The molecule has 2 N–H and O–H groups in total. The second kappa shape index (κ2) is 5.42. The number of pyridine rings is 1. The number of alkyl halides is 3. The van der Waals surface area contributed by atoms with Gasteiger partial charge in [-0.15, -0.1) is 0 Å². The summed E-state index contributed by atoms with van der Waals surface area (Å²) < 4.78 is 38.0. The van der Waals surface area contributed by atoms with Gasteiger partial charge in [-0.3, -0.25) is 4.98 Å². The van der Waals surface area contributed by atoms with Gasteiger partial charge < -0.3 is 5.73 Å². The van der Waals surface area contributed by atoms with E-state index in [4.69, 9.17) is 5.73 Å². The summed E-state index contributed by atoms with van der Waals surface area (Å²) in [6.45, 7) is 0.276. The summed E-state index contributed by atoms with van der Waals surface area (Å²) >= 11 is 0. The molecular formula is C17H13F3N2. The molecule has 3 rings (SSSR count). The highest BCUT2D eigenvalue weighted by Gasteiger charge is 2.30. The van der Waals surface area contributed by atoms with Gasteiger partial charge in [-0.1, -0.05) is 36.4 Å². The molecule has 0 spiro atoms. The van der Waals surface area contributed by atoms with E-state index in [9.17, 15) is 13.2 Å². The van der Waals surface area contributed by atoms with E-state index in [-0.39, 0.29) is 6.54 Å². The third kappa shape index (κ3) is 2.67. The lowest BCUT2D eigenvalue weighted by Gasteiger charge is -2.11.